The van der Waals surface area contributed by atoms with E-state index < -0.39 is 0 Å². The summed E-state index contributed by atoms with van der Waals surface area (Å²) in [6, 6.07) is 7.32. The van der Waals surface area contributed by atoms with Crippen molar-refractivity contribution in [1.82, 2.24) is 25.1 Å². The predicted octanol–water partition coefficient (Wildman–Crippen LogP) is 3.30. The first-order chi connectivity index (χ1) is 11.9. The summed E-state index contributed by atoms with van der Waals surface area (Å²) < 4.78 is 1.61. The van der Waals surface area contributed by atoms with Crippen LogP contribution in [0.5, 0.6) is 0 Å². The number of piperidine rings is 1. The molecule has 2 heterocycles. The Balaban J connectivity index is 1.72. The third-order valence-electron chi connectivity index (χ3n) is 4.30. The van der Waals surface area contributed by atoms with Gasteiger partial charge in [0.1, 0.15) is 0 Å². The van der Waals surface area contributed by atoms with E-state index in [1.54, 1.807) is 16.8 Å². The molecule has 0 aliphatic carbocycles. The molecule has 0 bridgehead atoms. The van der Waals surface area contributed by atoms with Crippen LogP contribution in [0.3, 0.4) is 0 Å². The molecule has 25 heavy (non-hydrogen) atoms. The van der Waals surface area contributed by atoms with Gasteiger partial charge in [0.25, 0.3) is 0 Å². The largest absolute Gasteiger partial charge is 0.341 e. The molecule has 1 aromatic heterocycles. The number of aromatic nitrogens is 4. The highest BCUT2D eigenvalue weighted by molar-refractivity contribution is 8.00. The van der Waals surface area contributed by atoms with Crippen LogP contribution in [-0.4, -0.2) is 49.4 Å². The van der Waals surface area contributed by atoms with E-state index in [0.717, 1.165) is 18.8 Å². The normalized spacial score (nSPS) is 22.0. The van der Waals surface area contributed by atoms with Crippen LogP contribution < -0.4 is 0 Å². The molecule has 0 radical (unpaired) electrons. The SMILES string of the molecule is C[C@H]1C[C@H](C)CN(C(=O)[C@@H](C)Sc2nnnn2-c2cccc(Cl)c2)C1. The molecule has 1 aromatic carbocycles. The van der Waals surface area contributed by atoms with Crippen molar-refractivity contribution >= 4 is 29.3 Å². The number of thioether (sulfide) groups is 1. The average molecular weight is 380 g/mol. The lowest BCUT2D eigenvalue weighted by Gasteiger charge is -2.36. The van der Waals surface area contributed by atoms with Crippen LogP contribution in [0.4, 0.5) is 0 Å². The first kappa shape index (κ1) is 18.2. The van der Waals surface area contributed by atoms with Crippen molar-refractivity contribution in [2.24, 2.45) is 11.8 Å². The molecule has 3 atom stereocenters. The molecule has 134 valence electrons. The number of nitrogens with zero attached hydrogens (tertiary/aromatic N) is 5. The van der Waals surface area contributed by atoms with Gasteiger partial charge < -0.3 is 4.90 Å². The van der Waals surface area contributed by atoms with Gasteiger partial charge in [-0.05, 0) is 53.8 Å². The summed E-state index contributed by atoms with van der Waals surface area (Å²) in [7, 11) is 0. The average Bonchev–Trinajstić information content (AvgIpc) is 3.01. The van der Waals surface area contributed by atoms with Crippen molar-refractivity contribution in [1.29, 1.82) is 0 Å². The summed E-state index contributed by atoms with van der Waals surface area (Å²) in [6.07, 6.45) is 1.18. The van der Waals surface area contributed by atoms with Gasteiger partial charge in [-0.15, -0.1) is 5.10 Å². The first-order valence-corrected chi connectivity index (χ1v) is 9.69. The Kier molecular flexibility index (Phi) is 5.64. The molecule has 1 aliphatic rings. The molecule has 1 fully saturated rings. The first-order valence-electron chi connectivity index (χ1n) is 8.43. The molecule has 0 saturated carbocycles. The maximum Gasteiger partial charge on any atom is 0.235 e. The van der Waals surface area contributed by atoms with Crippen molar-refractivity contribution in [2.45, 2.75) is 37.6 Å². The molecule has 1 saturated heterocycles. The lowest BCUT2D eigenvalue weighted by Crippen LogP contribution is -2.45. The van der Waals surface area contributed by atoms with Crippen molar-refractivity contribution in [3.05, 3.63) is 29.3 Å². The second-order valence-corrected chi connectivity index (χ2v) is 8.55. The van der Waals surface area contributed by atoms with Crippen molar-refractivity contribution < 1.29 is 4.79 Å². The number of carbonyl (C=O) groups excluding carboxylic acids is 1. The van der Waals surface area contributed by atoms with Crippen molar-refractivity contribution in [3.8, 4) is 5.69 Å². The number of hydrogen-bond acceptors (Lipinski definition) is 5. The van der Waals surface area contributed by atoms with E-state index in [1.165, 1.54) is 18.2 Å². The van der Waals surface area contributed by atoms with Crippen molar-refractivity contribution in [3.63, 3.8) is 0 Å². The van der Waals surface area contributed by atoms with Crippen LogP contribution in [0.25, 0.3) is 5.69 Å². The zero-order valence-corrected chi connectivity index (χ0v) is 16.2. The quantitative estimate of drug-likeness (QED) is 0.762. The van der Waals surface area contributed by atoms with Gasteiger partial charge in [-0.1, -0.05) is 43.3 Å². The lowest BCUT2D eigenvalue weighted by atomic mass is 9.92. The molecule has 0 unspecified atom stereocenters. The molecule has 6 nitrogen and oxygen atoms in total. The van der Waals surface area contributed by atoms with Gasteiger partial charge in [-0.3, -0.25) is 4.79 Å². The molecular formula is C17H22ClN5OS. The van der Waals surface area contributed by atoms with E-state index in [0.29, 0.717) is 22.0 Å². The molecular weight excluding hydrogens is 358 g/mol. The highest BCUT2D eigenvalue weighted by Gasteiger charge is 2.29. The van der Waals surface area contributed by atoms with E-state index in [1.807, 2.05) is 24.0 Å². The number of halogens is 1. The number of amides is 1. The smallest absolute Gasteiger partial charge is 0.235 e. The van der Waals surface area contributed by atoms with Gasteiger partial charge in [-0.2, -0.15) is 4.68 Å². The number of carbonyl (C=O) groups is 1. The Morgan fingerprint density at radius 3 is 2.72 bits per heavy atom. The highest BCUT2D eigenvalue weighted by atomic mass is 35.5. The van der Waals surface area contributed by atoms with E-state index in [9.17, 15) is 4.79 Å². The van der Waals surface area contributed by atoms with Gasteiger partial charge >= 0.3 is 0 Å². The highest BCUT2D eigenvalue weighted by Crippen LogP contribution is 2.27. The minimum atomic E-state index is -0.249. The number of tetrazole rings is 1. The van der Waals surface area contributed by atoms with Gasteiger partial charge in [0.05, 0.1) is 10.9 Å². The fourth-order valence-electron chi connectivity index (χ4n) is 3.33. The maximum absolute atomic E-state index is 12.8. The van der Waals surface area contributed by atoms with E-state index in [-0.39, 0.29) is 11.2 Å². The van der Waals surface area contributed by atoms with Crippen LogP contribution in [0.15, 0.2) is 29.4 Å². The van der Waals surface area contributed by atoms with E-state index >= 15 is 0 Å². The third-order valence-corrected chi connectivity index (χ3v) is 5.56. The maximum atomic E-state index is 12.8. The molecule has 3 rings (SSSR count). The number of rotatable bonds is 4. The Bertz CT molecular complexity index is 742. The zero-order chi connectivity index (χ0) is 18.0. The lowest BCUT2D eigenvalue weighted by molar-refractivity contribution is -0.132. The van der Waals surface area contributed by atoms with Crippen LogP contribution in [0.2, 0.25) is 5.02 Å². The van der Waals surface area contributed by atoms with E-state index in [2.05, 4.69) is 29.4 Å². The van der Waals surface area contributed by atoms with Gasteiger partial charge in [0.2, 0.25) is 11.1 Å². The minimum Gasteiger partial charge on any atom is -0.341 e. The Morgan fingerprint density at radius 2 is 2.04 bits per heavy atom. The minimum absolute atomic E-state index is 0.143. The van der Waals surface area contributed by atoms with Crippen LogP contribution in [-0.2, 0) is 4.79 Å². The summed E-state index contributed by atoms with van der Waals surface area (Å²) >= 11 is 7.42. The number of benzene rings is 1. The second-order valence-electron chi connectivity index (χ2n) is 6.80. The molecule has 0 spiro atoms. The standard InChI is InChI=1S/C17H22ClN5OS/c1-11-7-12(2)10-22(9-11)16(24)13(3)25-17-19-20-21-23(17)15-6-4-5-14(18)8-15/h4-6,8,11-13H,7,9-10H2,1-3H3/t11-,12-,13+/m0/s1. The second kappa shape index (κ2) is 7.74. The van der Waals surface area contributed by atoms with Crippen molar-refractivity contribution in [2.75, 3.05) is 13.1 Å². The molecule has 2 aromatic rings. The Morgan fingerprint density at radius 1 is 1.32 bits per heavy atom. The Labute approximate surface area is 156 Å². The molecule has 8 heteroatoms. The number of likely N-dealkylation sites (tertiary alicyclic amines) is 1. The topological polar surface area (TPSA) is 63.9 Å². The number of hydrogen-bond donors (Lipinski definition) is 0. The molecule has 0 N–H and O–H groups in total. The summed E-state index contributed by atoms with van der Waals surface area (Å²) in [5.74, 6) is 1.23. The Hall–Kier alpha value is -1.60. The zero-order valence-electron chi connectivity index (χ0n) is 14.6. The van der Waals surface area contributed by atoms with Gasteiger partial charge in [0, 0.05) is 18.1 Å². The van der Waals surface area contributed by atoms with Gasteiger partial charge in [-0.25, -0.2) is 0 Å². The van der Waals surface area contributed by atoms with Crippen LogP contribution in [0.1, 0.15) is 27.2 Å². The summed E-state index contributed by atoms with van der Waals surface area (Å²) in [6.45, 7) is 7.97. The fourth-order valence-corrected chi connectivity index (χ4v) is 4.41. The molecule has 1 amide bonds. The van der Waals surface area contributed by atoms with Crippen LogP contribution in [0, 0.1) is 11.8 Å². The third kappa shape index (κ3) is 4.33. The monoisotopic (exact) mass is 379 g/mol. The van der Waals surface area contributed by atoms with Crippen LogP contribution >= 0.6 is 23.4 Å². The summed E-state index contributed by atoms with van der Waals surface area (Å²) in [5, 5.41) is 12.8. The van der Waals surface area contributed by atoms with Gasteiger partial charge in [0.15, 0.2) is 0 Å². The summed E-state index contributed by atoms with van der Waals surface area (Å²) in [5.41, 5.74) is 0.778. The van der Waals surface area contributed by atoms with E-state index in [4.69, 9.17) is 11.6 Å². The fraction of sp³-hybridized carbons (Fsp3) is 0.529. The predicted molar refractivity (Wildman–Crippen MR) is 99.0 cm³/mol. The molecule has 1 aliphatic heterocycles. The summed E-state index contributed by atoms with van der Waals surface area (Å²) in [4.78, 5) is 14.8.